The Kier molecular flexibility index (Phi) is 6.28. The van der Waals surface area contributed by atoms with E-state index in [1.807, 2.05) is 54.8 Å². The van der Waals surface area contributed by atoms with Gasteiger partial charge in [-0.2, -0.15) is 0 Å². The van der Waals surface area contributed by atoms with Crippen molar-refractivity contribution >= 4 is 68.1 Å². The fourth-order valence-corrected chi connectivity index (χ4v) is 4.75. The minimum Gasteiger partial charge on any atom is -0.478 e. The maximum atomic E-state index is 12.5. The van der Waals surface area contributed by atoms with E-state index in [9.17, 15) is 14.7 Å². The van der Waals surface area contributed by atoms with E-state index in [0.717, 1.165) is 32.8 Å². The summed E-state index contributed by atoms with van der Waals surface area (Å²) >= 11 is 10.8. The number of amides is 1. The van der Waals surface area contributed by atoms with Crippen molar-refractivity contribution in [3.05, 3.63) is 85.4 Å². The lowest BCUT2D eigenvalue weighted by atomic mass is 10.2. The summed E-state index contributed by atoms with van der Waals surface area (Å²) in [4.78, 5) is 28.7. The molecule has 0 bridgehead atoms. The minimum absolute atomic E-state index is 0.0526. The van der Waals surface area contributed by atoms with Gasteiger partial charge in [0.2, 0.25) is 0 Å². The topological polar surface area (TPSA) is 83.7 Å². The first-order valence-corrected chi connectivity index (χ1v) is 11.5. The molecule has 3 aromatic rings. The first kappa shape index (κ1) is 22.4. The predicted octanol–water partition coefficient (Wildman–Crippen LogP) is 6.10. The van der Waals surface area contributed by atoms with Crippen LogP contribution in [0.25, 0.3) is 11.8 Å². The number of halogens is 2. The quantitative estimate of drug-likeness (QED) is 0.399. The van der Waals surface area contributed by atoms with Crippen molar-refractivity contribution in [2.75, 3.05) is 0 Å². The number of carboxylic acid groups (broad SMARTS) is 1. The molecule has 1 aliphatic rings. The number of benzene rings is 2. The number of rotatable bonds is 4. The summed E-state index contributed by atoms with van der Waals surface area (Å²) in [6, 6.07) is 14.3. The van der Waals surface area contributed by atoms with Gasteiger partial charge in [0.25, 0.3) is 5.91 Å². The van der Waals surface area contributed by atoms with Gasteiger partial charge < -0.3 is 15.0 Å². The summed E-state index contributed by atoms with van der Waals surface area (Å²) in [7, 11) is 0. The van der Waals surface area contributed by atoms with Crippen LogP contribution in [0.3, 0.4) is 0 Å². The first-order valence-electron chi connectivity index (χ1n) is 9.50. The average molecular weight is 531 g/mol. The molecule has 32 heavy (non-hydrogen) atoms. The van der Waals surface area contributed by atoms with Crippen LogP contribution < -0.4 is 5.32 Å². The number of aryl methyl sites for hydroxylation is 1. The van der Waals surface area contributed by atoms with Crippen LogP contribution in [-0.4, -0.2) is 26.7 Å². The number of hydrogen-bond donors (Lipinski definition) is 2. The van der Waals surface area contributed by atoms with Crippen LogP contribution in [0.15, 0.2) is 62.9 Å². The van der Waals surface area contributed by atoms with Gasteiger partial charge in [-0.05, 0) is 85.8 Å². The fourth-order valence-electron chi connectivity index (χ4n) is 3.40. The number of aromatic carboxylic acids is 1. The van der Waals surface area contributed by atoms with Gasteiger partial charge in [0.05, 0.1) is 21.2 Å². The molecular weight excluding hydrogens is 514 g/mol. The van der Waals surface area contributed by atoms with E-state index in [1.54, 1.807) is 12.1 Å². The molecule has 0 unspecified atom stereocenters. The van der Waals surface area contributed by atoms with E-state index in [1.165, 1.54) is 17.8 Å². The molecule has 1 amide bonds. The molecule has 6 nitrogen and oxygen atoms in total. The summed E-state index contributed by atoms with van der Waals surface area (Å²) in [5.74, 6) is -1.28. The van der Waals surface area contributed by atoms with Crippen LogP contribution in [0.4, 0.5) is 5.69 Å². The zero-order valence-corrected chi connectivity index (χ0v) is 20.2. The predicted molar refractivity (Wildman–Crippen MR) is 132 cm³/mol. The van der Waals surface area contributed by atoms with Crippen LogP contribution in [0.5, 0.6) is 0 Å². The highest BCUT2D eigenvalue weighted by molar-refractivity contribution is 9.10. The van der Waals surface area contributed by atoms with E-state index in [-0.39, 0.29) is 16.5 Å². The molecule has 162 valence electrons. The molecule has 0 radical (unpaired) electrons. The van der Waals surface area contributed by atoms with E-state index in [0.29, 0.717) is 10.1 Å². The second kappa shape index (κ2) is 8.97. The van der Waals surface area contributed by atoms with E-state index in [4.69, 9.17) is 11.6 Å². The Morgan fingerprint density at radius 3 is 2.56 bits per heavy atom. The Morgan fingerprint density at radius 2 is 1.91 bits per heavy atom. The normalized spacial score (nSPS) is 16.1. The zero-order chi connectivity index (χ0) is 23.0. The van der Waals surface area contributed by atoms with Gasteiger partial charge in [0, 0.05) is 21.5 Å². The third kappa shape index (κ3) is 4.53. The van der Waals surface area contributed by atoms with Crippen molar-refractivity contribution in [3.8, 4) is 5.69 Å². The minimum atomic E-state index is -1.07. The molecule has 0 spiro atoms. The average Bonchev–Trinajstić information content (AvgIpc) is 3.21. The second-order valence-electron chi connectivity index (χ2n) is 7.09. The molecular formula is C23H17BrClN3O3S. The molecule has 1 saturated heterocycles. The number of carbonyl (C=O) groups excluding carboxylic acids is 1. The number of carbonyl (C=O) groups is 2. The van der Waals surface area contributed by atoms with E-state index >= 15 is 0 Å². The molecule has 2 aromatic carbocycles. The summed E-state index contributed by atoms with van der Waals surface area (Å²) in [6.45, 7) is 3.88. The van der Waals surface area contributed by atoms with Gasteiger partial charge in [-0.15, -0.1) is 0 Å². The molecule has 0 aliphatic carbocycles. The van der Waals surface area contributed by atoms with Crippen LogP contribution in [-0.2, 0) is 4.79 Å². The number of nitrogens with one attached hydrogen (secondary N) is 1. The summed E-state index contributed by atoms with van der Waals surface area (Å²) in [5, 5.41) is 12.7. The summed E-state index contributed by atoms with van der Waals surface area (Å²) in [6.07, 6.45) is 1.83. The molecule has 4 rings (SSSR count). The fraction of sp³-hybridized carbons (Fsp3) is 0.0870. The molecule has 0 saturated carbocycles. The number of aliphatic imine (C=N–C) groups is 1. The second-order valence-corrected chi connectivity index (χ2v) is 9.44. The standard InChI is InChI=1S/C23H17BrClN3O3S/c1-12-9-14(13(2)28(12)17-7-8-18(22(30)31)19(25)11-17)10-20-21(29)27-23(32-20)26-16-5-3-15(24)4-6-16/h3-11H,1-2H3,(H,30,31)(H,26,27,29)/b20-10-. The van der Waals surface area contributed by atoms with Crippen molar-refractivity contribution in [3.63, 3.8) is 0 Å². The van der Waals surface area contributed by atoms with E-state index in [2.05, 4.69) is 26.2 Å². The third-order valence-corrected chi connectivity index (χ3v) is 6.66. The van der Waals surface area contributed by atoms with Gasteiger partial charge in [0.15, 0.2) is 5.17 Å². The maximum Gasteiger partial charge on any atom is 0.337 e. The largest absolute Gasteiger partial charge is 0.478 e. The van der Waals surface area contributed by atoms with Gasteiger partial charge in [-0.3, -0.25) is 4.79 Å². The van der Waals surface area contributed by atoms with Gasteiger partial charge in [-0.1, -0.05) is 27.5 Å². The lowest BCUT2D eigenvalue weighted by Gasteiger charge is -2.11. The third-order valence-electron chi connectivity index (χ3n) is 4.91. The number of amidine groups is 1. The lowest BCUT2D eigenvalue weighted by molar-refractivity contribution is -0.115. The van der Waals surface area contributed by atoms with Crippen molar-refractivity contribution < 1.29 is 14.7 Å². The molecule has 1 aliphatic heterocycles. The van der Waals surface area contributed by atoms with Gasteiger partial charge in [-0.25, -0.2) is 9.79 Å². The summed E-state index contributed by atoms with van der Waals surface area (Å²) in [5.41, 5.74) is 4.26. The van der Waals surface area contributed by atoms with Crippen LogP contribution >= 0.6 is 39.3 Å². The molecule has 2 N–H and O–H groups in total. The number of hydrogen-bond acceptors (Lipinski definition) is 4. The van der Waals surface area contributed by atoms with Crippen molar-refractivity contribution in [2.24, 2.45) is 4.99 Å². The Bertz CT molecular complexity index is 1310. The Balaban J connectivity index is 1.64. The van der Waals surface area contributed by atoms with Crippen molar-refractivity contribution in [2.45, 2.75) is 13.8 Å². The molecule has 9 heteroatoms. The van der Waals surface area contributed by atoms with Crippen LogP contribution in [0.2, 0.25) is 5.02 Å². The highest BCUT2D eigenvalue weighted by Gasteiger charge is 2.24. The Morgan fingerprint density at radius 1 is 1.19 bits per heavy atom. The van der Waals surface area contributed by atoms with Gasteiger partial charge >= 0.3 is 5.97 Å². The van der Waals surface area contributed by atoms with Crippen molar-refractivity contribution in [1.82, 2.24) is 9.88 Å². The first-order chi connectivity index (χ1) is 15.2. The molecule has 2 heterocycles. The number of aromatic nitrogens is 1. The maximum absolute atomic E-state index is 12.5. The Labute approximate surface area is 202 Å². The van der Waals surface area contributed by atoms with E-state index < -0.39 is 5.97 Å². The SMILES string of the molecule is Cc1cc(/C=C2\SC(=Nc3ccc(Br)cc3)NC2=O)c(C)n1-c1ccc(C(=O)O)c(Cl)c1. The Hall–Kier alpha value is -2.81. The van der Waals surface area contributed by atoms with Crippen molar-refractivity contribution in [1.29, 1.82) is 0 Å². The molecule has 1 fully saturated rings. The highest BCUT2D eigenvalue weighted by Crippen LogP contribution is 2.31. The smallest absolute Gasteiger partial charge is 0.337 e. The number of carboxylic acids is 1. The number of thioether (sulfide) groups is 1. The lowest BCUT2D eigenvalue weighted by Crippen LogP contribution is -2.19. The van der Waals surface area contributed by atoms with Crippen LogP contribution in [0, 0.1) is 13.8 Å². The number of nitrogens with zero attached hydrogens (tertiary/aromatic N) is 2. The molecule has 1 aromatic heterocycles. The summed E-state index contributed by atoms with van der Waals surface area (Å²) < 4.78 is 2.93. The monoisotopic (exact) mass is 529 g/mol. The zero-order valence-electron chi connectivity index (χ0n) is 17.0. The molecule has 0 atom stereocenters. The van der Waals surface area contributed by atoms with Gasteiger partial charge in [0.1, 0.15) is 0 Å². The highest BCUT2D eigenvalue weighted by atomic mass is 79.9. The van der Waals surface area contributed by atoms with Crippen LogP contribution in [0.1, 0.15) is 27.3 Å².